The minimum atomic E-state index is -0.621. The largest absolute Gasteiger partial charge is 0.352 e. The van der Waals surface area contributed by atoms with Crippen molar-refractivity contribution in [2.24, 2.45) is 0 Å². The van der Waals surface area contributed by atoms with Crippen molar-refractivity contribution in [2.45, 2.75) is 24.3 Å². The van der Waals surface area contributed by atoms with E-state index in [1.807, 2.05) is 0 Å². The molecule has 0 bridgehead atoms. The smallest absolute Gasteiger partial charge is 0.242 e. The molecule has 0 spiro atoms. The molecule has 1 saturated carbocycles. The van der Waals surface area contributed by atoms with Crippen molar-refractivity contribution in [2.75, 3.05) is 0 Å². The van der Waals surface area contributed by atoms with E-state index in [4.69, 9.17) is 11.6 Å². The highest BCUT2D eigenvalue weighted by Crippen LogP contribution is 2.23. The molecule has 1 fully saturated rings. The number of amides is 1. The van der Waals surface area contributed by atoms with Crippen molar-refractivity contribution in [3.8, 4) is 0 Å². The van der Waals surface area contributed by atoms with Gasteiger partial charge >= 0.3 is 0 Å². The van der Waals surface area contributed by atoms with Crippen LogP contribution in [0, 0.1) is 0 Å². The summed E-state index contributed by atoms with van der Waals surface area (Å²) in [5, 5.41) is 2.23. The molecule has 0 saturated heterocycles. The molecule has 1 aliphatic carbocycles. The van der Waals surface area contributed by atoms with Gasteiger partial charge in [-0.2, -0.15) is 0 Å². The minimum absolute atomic E-state index is 0.123. The lowest BCUT2D eigenvalue weighted by Gasteiger charge is -2.09. The lowest BCUT2D eigenvalue weighted by molar-refractivity contribution is -0.121. The number of nitrogens with zero attached hydrogens (tertiary/aromatic N) is 1. The van der Waals surface area contributed by atoms with Crippen molar-refractivity contribution < 1.29 is 4.79 Å². The molecule has 1 aliphatic rings. The number of pyridine rings is 1. The van der Waals surface area contributed by atoms with E-state index >= 15 is 0 Å². The molecule has 1 amide bonds. The fourth-order valence-corrected chi connectivity index (χ4v) is 1.37. The van der Waals surface area contributed by atoms with E-state index in [2.05, 4.69) is 10.3 Å². The Bertz CT molecular complexity index is 324. The lowest BCUT2D eigenvalue weighted by Crippen LogP contribution is -2.28. The third-order valence-electron chi connectivity index (χ3n) is 2.13. The van der Waals surface area contributed by atoms with Crippen LogP contribution >= 0.6 is 11.6 Å². The van der Waals surface area contributed by atoms with Gasteiger partial charge < -0.3 is 5.32 Å². The summed E-state index contributed by atoms with van der Waals surface area (Å²) in [7, 11) is 0. The fourth-order valence-electron chi connectivity index (χ4n) is 1.18. The molecule has 1 heterocycles. The summed E-state index contributed by atoms with van der Waals surface area (Å²) in [6, 6.07) is 3.92. The van der Waals surface area contributed by atoms with Crippen LogP contribution in [0.5, 0.6) is 0 Å². The summed E-state index contributed by atoms with van der Waals surface area (Å²) in [6.45, 7) is 0. The minimum Gasteiger partial charge on any atom is -0.352 e. The Hall–Kier alpha value is -1.09. The summed E-state index contributed by atoms with van der Waals surface area (Å²) < 4.78 is 0. The Labute approximate surface area is 87.5 Å². The van der Waals surface area contributed by atoms with Crippen molar-refractivity contribution >= 4 is 17.5 Å². The number of carbonyl (C=O) groups is 1. The van der Waals surface area contributed by atoms with Crippen LogP contribution in [0.25, 0.3) is 0 Å². The molecule has 1 N–H and O–H groups in total. The number of hydrogen-bond acceptors (Lipinski definition) is 2. The standard InChI is InChI=1S/C10H11ClN2O/c11-9(7-2-1-5-12-6-7)10(14)13-8-3-4-8/h1-2,5-6,8-9H,3-4H2,(H,13,14). The van der Waals surface area contributed by atoms with Gasteiger partial charge in [-0.3, -0.25) is 9.78 Å². The van der Waals surface area contributed by atoms with E-state index in [9.17, 15) is 4.79 Å². The van der Waals surface area contributed by atoms with Crippen LogP contribution in [-0.2, 0) is 4.79 Å². The van der Waals surface area contributed by atoms with Gasteiger partial charge in [0.25, 0.3) is 0 Å². The lowest BCUT2D eigenvalue weighted by atomic mass is 10.2. The third-order valence-corrected chi connectivity index (χ3v) is 2.58. The first-order chi connectivity index (χ1) is 6.77. The van der Waals surface area contributed by atoms with Crippen LogP contribution in [-0.4, -0.2) is 16.9 Å². The molecule has 2 rings (SSSR count). The molecule has 3 nitrogen and oxygen atoms in total. The third kappa shape index (κ3) is 2.23. The Kier molecular flexibility index (Phi) is 2.68. The van der Waals surface area contributed by atoms with Crippen LogP contribution in [0.2, 0.25) is 0 Å². The summed E-state index contributed by atoms with van der Waals surface area (Å²) >= 11 is 5.98. The monoisotopic (exact) mass is 210 g/mol. The van der Waals surface area contributed by atoms with E-state index in [1.165, 1.54) is 0 Å². The average Bonchev–Trinajstić information content (AvgIpc) is 3.02. The average molecular weight is 211 g/mol. The molecule has 0 aromatic carbocycles. The zero-order chi connectivity index (χ0) is 9.97. The van der Waals surface area contributed by atoms with Crippen LogP contribution < -0.4 is 5.32 Å². The molecular weight excluding hydrogens is 200 g/mol. The zero-order valence-corrected chi connectivity index (χ0v) is 8.37. The van der Waals surface area contributed by atoms with Crippen molar-refractivity contribution in [3.05, 3.63) is 30.1 Å². The quantitative estimate of drug-likeness (QED) is 0.771. The number of rotatable bonds is 3. The zero-order valence-electron chi connectivity index (χ0n) is 7.61. The molecule has 1 aromatic heterocycles. The molecule has 0 aliphatic heterocycles. The van der Waals surface area contributed by atoms with Gasteiger partial charge in [-0.05, 0) is 24.5 Å². The number of hydrogen-bond donors (Lipinski definition) is 1. The van der Waals surface area contributed by atoms with Gasteiger partial charge in [0.2, 0.25) is 5.91 Å². The van der Waals surface area contributed by atoms with Crippen LogP contribution in [0.4, 0.5) is 0 Å². The van der Waals surface area contributed by atoms with Crippen LogP contribution in [0.1, 0.15) is 23.8 Å². The Balaban J connectivity index is 1.99. The number of aromatic nitrogens is 1. The van der Waals surface area contributed by atoms with Crippen LogP contribution in [0.3, 0.4) is 0 Å². The Morgan fingerprint density at radius 3 is 3.00 bits per heavy atom. The number of alkyl halides is 1. The highest BCUT2D eigenvalue weighted by molar-refractivity contribution is 6.30. The second kappa shape index (κ2) is 3.96. The first-order valence-corrected chi connectivity index (χ1v) is 5.05. The summed E-state index contributed by atoms with van der Waals surface area (Å²) in [5.74, 6) is -0.123. The first kappa shape index (κ1) is 9.46. The maximum absolute atomic E-state index is 11.5. The fraction of sp³-hybridized carbons (Fsp3) is 0.400. The van der Waals surface area contributed by atoms with Gasteiger partial charge in [0, 0.05) is 18.4 Å². The highest BCUT2D eigenvalue weighted by Gasteiger charge is 2.27. The predicted molar refractivity (Wildman–Crippen MR) is 54.0 cm³/mol. The summed E-state index contributed by atoms with van der Waals surface area (Å²) in [4.78, 5) is 15.4. The molecule has 1 unspecified atom stereocenters. The summed E-state index contributed by atoms with van der Waals surface area (Å²) in [5.41, 5.74) is 0.743. The molecule has 1 atom stereocenters. The van der Waals surface area contributed by atoms with Crippen molar-refractivity contribution in [3.63, 3.8) is 0 Å². The van der Waals surface area contributed by atoms with E-state index in [-0.39, 0.29) is 5.91 Å². The topological polar surface area (TPSA) is 42.0 Å². The van der Waals surface area contributed by atoms with Gasteiger partial charge in [0.1, 0.15) is 5.38 Å². The van der Waals surface area contributed by atoms with Gasteiger partial charge in [0.05, 0.1) is 0 Å². The predicted octanol–water partition coefficient (Wildman–Crippen LogP) is 1.64. The van der Waals surface area contributed by atoms with E-state index in [0.717, 1.165) is 18.4 Å². The SMILES string of the molecule is O=C(NC1CC1)C(Cl)c1cccnc1. The molecule has 0 radical (unpaired) electrons. The normalized spacial score (nSPS) is 17.5. The van der Waals surface area contributed by atoms with Crippen molar-refractivity contribution in [1.29, 1.82) is 0 Å². The van der Waals surface area contributed by atoms with Crippen LogP contribution in [0.15, 0.2) is 24.5 Å². The molecule has 4 heteroatoms. The van der Waals surface area contributed by atoms with E-state index in [0.29, 0.717) is 6.04 Å². The van der Waals surface area contributed by atoms with Gasteiger partial charge in [-0.1, -0.05) is 6.07 Å². The second-order valence-corrected chi connectivity index (χ2v) is 3.87. The Morgan fingerprint density at radius 1 is 1.64 bits per heavy atom. The number of nitrogens with one attached hydrogen (secondary N) is 1. The van der Waals surface area contributed by atoms with Gasteiger partial charge in [-0.25, -0.2) is 0 Å². The van der Waals surface area contributed by atoms with E-state index < -0.39 is 5.38 Å². The number of halogens is 1. The maximum Gasteiger partial charge on any atom is 0.242 e. The molecular formula is C10H11ClN2O. The molecule has 74 valence electrons. The first-order valence-electron chi connectivity index (χ1n) is 4.62. The van der Waals surface area contributed by atoms with Gasteiger partial charge in [-0.15, -0.1) is 11.6 Å². The second-order valence-electron chi connectivity index (χ2n) is 3.43. The molecule has 14 heavy (non-hydrogen) atoms. The maximum atomic E-state index is 11.5. The number of carbonyl (C=O) groups excluding carboxylic acids is 1. The Morgan fingerprint density at radius 2 is 2.43 bits per heavy atom. The van der Waals surface area contributed by atoms with Gasteiger partial charge in [0.15, 0.2) is 0 Å². The summed E-state index contributed by atoms with van der Waals surface area (Å²) in [6.07, 6.45) is 5.42. The molecule has 1 aromatic rings. The highest BCUT2D eigenvalue weighted by atomic mass is 35.5. The van der Waals surface area contributed by atoms with Crippen molar-refractivity contribution in [1.82, 2.24) is 10.3 Å². The van der Waals surface area contributed by atoms with E-state index in [1.54, 1.807) is 24.5 Å².